The molecule has 0 fully saturated rings. The van der Waals surface area contributed by atoms with Crippen LogP contribution in [0.1, 0.15) is 56.1 Å². The lowest BCUT2D eigenvalue weighted by Gasteiger charge is -2.21. The average molecular weight is 377 g/mol. The van der Waals surface area contributed by atoms with Gasteiger partial charge in [-0.15, -0.1) is 0 Å². The second-order valence-corrected chi connectivity index (χ2v) is 8.48. The Kier molecular flexibility index (Phi) is 4.66. The summed E-state index contributed by atoms with van der Waals surface area (Å²) < 4.78 is 11.4. The third-order valence-corrected chi connectivity index (χ3v) is 5.48. The number of ether oxygens (including phenoxy) is 1. The lowest BCUT2D eigenvalue weighted by atomic mass is 9.83. The van der Waals surface area contributed by atoms with E-state index in [0.29, 0.717) is 5.75 Å². The molecule has 0 aliphatic heterocycles. The van der Waals surface area contributed by atoms with E-state index in [1.807, 2.05) is 30.3 Å². The van der Waals surface area contributed by atoms with E-state index in [1.54, 1.807) is 13.3 Å². The smallest absolute Gasteiger partial charge is 0.135 e. The van der Waals surface area contributed by atoms with Crippen molar-refractivity contribution in [2.24, 2.45) is 4.99 Å². The molecule has 0 amide bonds. The van der Waals surface area contributed by atoms with Crippen molar-refractivity contribution in [1.82, 2.24) is 0 Å². The Bertz CT molecular complexity index is 1040. The zero-order chi connectivity index (χ0) is 19.9. The number of furan rings is 1. The molecule has 1 heterocycles. The van der Waals surface area contributed by atoms with Crippen LogP contribution < -0.4 is 4.74 Å². The van der Waals surface area contributed by atoms with Gasteiger partial charge in [-0.25, -0.2) is 0 Å². The van der Waals surface area contributed by atoms with Crippen molar-refractivity contribution in [2.75, 3.05) is 7.11 Å². The highest BCUT2D eigenvalue weighted by molar-refractivity contribution is 6.04. The molecule has 3 aromatic rings. The van der Waals surface area contributed by atoms with Crippen molar-refractivity contribution in [2.45, 2.75) is 51.9 Å². The number of aliphatic imine (C=N–C) groups is 1. The van der Waals surface area contributed by atoms with E-state index in [9.17, 15) is 5.11 Å². The van der Waals surface area contributed by atoms with Crippen LogP contribution in [-0.2, 0) is 18.3 Å². The predicted octanol–water partition coefficient (Wildman–Crippen LogP) is 6.07. The molecule has 0 radical (unpaired) electrons. The number of rotatable bonds is 3. The zero-order valence-corrected chi connectivity index (χ0v) is 17.0. The maximum atomic E-state index is 11.1. The van der Waals surface area contributed by atoms with E-state index in [4.69, 9.17) is 9.15 Å². The number of fused-ring (bicyclic) bond motifs is 3. The maximum absolute atomic E-state index is 11.1. The molecule has 2 aromatic carbocycles. The molecule has 28 heavy (non-hydrogen) atoms. The summed E-state index contributed by atoms with van der Waals surface area (Å²) in [4.78, 5) is 4.63. The minimum Gasteiger partial charge on any atom is -0.507 e. The minimum atomic E-state index is -0.200. The predicted molar refractivity (Wildman–Crippen MR) is 113 cm³/mol. The minimum absolute atomic E-state index is 0.200. The van der Waals surface area contributed by atoms with Crippen LogP contribution >= 0.6 is 0 Å². The van der Waals surface area contributed by atoms with Crippen LogP contribution in [0.2, 0.25) is 0 Å². The Balaban J connectivity index is 1.89. The fourth-order valence-electron chi connectivity index (χ4n) is 3.95. The van der Waals surface area contributed by atoms with Crippen LogP contribution in [0.4, 0.5) is 5.69 Å². The van der Waals surface area contributed by atoms with Crippen molar-refractivity contribution in [1.29, 1.82) is 0 Å². The number of phenols is 1. The number of methoxy groups -OCH3 is 1. The number of aromatic hydroxyl groups is 1. The largest absolute Gasteiger partial charge is 0.507 e. The molecule has 1 aromatic heterocycles. The van der Waals surface area contributed by atoms with Crippen LogP contribution in [0.3, 0.4) is 0 Å². The summed E-state index contributed by atoms with van der Waals surface area (Å²) in [7, 11) is 1.65. The van der Waals surface area contributed by atoms with Crippen molar-refractivity contribution >= 4 is 22.9 Å². The number of phenolic OH excluding ortho intramolecular Hbond substituents is 1. The molecule has 0 atom stereocenters. The van der Waals surface area contributed by atoms with E-state index in [-0.39, 0.29) is 5.41 Å². The quantitative estimate of drug-likeness (QED) is 0.563. The Morgan fingerprint density at radius 1 is 1.11 bits per heavy atom. The van der Waals surface area contributed by atoms with Crippen molar-refractivity contribution in [3.63, 3.8) is 0 Å². The maximum Gasteiger partial charge on any atom is 0.135 e. The molecule has 1 aliphatic rings. The third kappa shape index (κ3) is 3.28. The highest BCUT2D eigenvalue weighted by atomic mass is 16.5. The summed E-state index contributed by atoms with van der Waals surface area (Å²) in [6.07, 6.45) is 6.03. The van der Waals surface area contributed by atoms with Gasteiger partial charge in [-0.05, 0) is 55.0 Å². The summed E-state index contributed by atoms with van der Waals surface area (Å²) in [6, 6.07) is 9.58. The summed E-state index contributed by atoms with van der Waals surface area (Å²) in [6.45, 7) is 6.30. The first kappa shape index (κ1) is 18.6. The van der Waals surface area contributed by atoms with Gasteiger partial charge < -0.3 is 14.3 Å². The van der Waals surface area contributed by atoms with Crippen LogP contribution in [0.15, 0.2) is 39.7 Å². The Morgan fingerprint density at radius 3 is 2.50 bits per heavy atom. The van der Waals surface area contributed by atoms with E-state index in [0.717, 1.165) is 65.0 Å². The fraction of sp³-hybridized carbons (Fsp3) is 0.375. The molecule has 1 aliphatic carbocycles. The van der Waals surface area contributed by atoms with E-state index < -0.39 is 0 Å². The van der Waals surface area contributed by atoms with Crippen LogP contribution in [-0.4, -0.2) is 18.4 Å². The third-order valence-electron chi connectivity index (χ3n) is 5.48. The number of hydrogen-bond donors (Lipinski definition) is 1. The van der Waals surface area contributed by atoms with Gasteiger partial charge in [0.25, 0.3) is 0 Å². The van der Waals surface area contributed by atoms with Crippen molar-refractivity contribution in [3.8, 4) is 11.5 Å². The molecule has 4 heteroatoms. The summed E-state index contributed by atoms with van der Waals surface area (Å²) in [5.74, 6) is 2.15. The topological polar surface area (TPSA) is 55.0 Å². The first-order valence-corrected chi connectivity index (χ1v) is 9.87. The van der Waals surface area contributed by atoms with Crippen LogP contribution in [0.5, 0.6) is 11.5 Å². The number of hydrogen-bond acceptors (Lipinski definition) is 4. The molecule has 0 bridgehead atoms. The van der Waals surface area contributed by atoms with Gasteiger partial charge in [0, 0.05) is 34.7 Å². The lowest BCUT2D eigenvalue weighted by molar-refractivity contribution is 0.415. The lowest BCUT2D eigenvalue weighted by Crippen LogP contribution is -2.12. The van der Waals surface area contributed by atoms with Gasteiger partial charge in [0.2, 0.25) is 0 Å². The molecule has 4 nitrogen and oxygen atoms in total. The highest BCUT2D eigenvalue weighted by Gasteiger charge is 2.27. The number of aryl methyl sites for hydroxylation is 2. The molecule has 0 unspecified atom stereocenters. The molecular weight excluding hydrogens is 350 g/mol. The highest BCUT2D eigenvalue weighted by Crippen LogP contribution is 2.42. The normalized spacial score (nSPS) is 14.6. The molecule has 146 valence electrons. The summed E-state index contributed by atoms with van der Waals surface area (Å²) >= 11 is 0. The van der Waals surface area contributed by atoms with Gasteiger partial charge in [0.05, 0.1) is 12.8 Å². The van der Waals surface area contributed by atoms with Gasteiger partial charge >= 0.3 is 0 Å². The molecule has 0 spiro atoms. The summed E-state index contributed by atoms with van der Waals surface area (Å²) in [5.41, 5.74) is 4.33. The number of benzene rings is 2. The molecule has 0 saturated carbocycles. The number of nitrogens with zero attached hydrogens (tertiary/aromatic N) is 1. The van der Waals surface area contributed by atoms with Crippen LogP contribution in [0, 0.1) is 0 Å². The van der Waals surface area contributed by atoms with Crippen molar-refractivity contribution in [3.05, 3.63) is 52.8 Å². The SMILES string of the molecule is COc1ccc(N=Cc2c(O)c(C(C)(C)C)cc3oc4c(c23)CCCC4)cc1. The standard InChI is InChI=1S/C24H27NO3/c1-24(2,3)19-13-21-22(17-7-5-6-8-20(17)28-21)18(23(19)26)14-25-15-9-11-16(27-4)12-10-15/h9-14,26H,5-8H2,1-4H3. The second kappa shape index (κ2) is 7.01. The fourth-order valence-corrected chi connectivity index (χ4v) is 3.95. The molecular formula is C24H27NO3. The Hall–Kier alpha value is -2.75. The second-order valence-electron chi connectivity index (χ2n) is 8.48. The van der Waals surface area contributed by atoms with Gasteiger partial charge in [-0.1, -0.05) is 20.8 Å². The molecule has 4 rings (SSSR count). The Labute approximate surface area is 165 Å². The Morgan fingerprint density at radius 2 is 1.82 bits per heavy atom. The molecule has 1 N–H and O–H groups in total. The monoisotopic (exact) mass is 377 g/mol. The van der Waals surface area contributed by atoms with Crippen molar-refractivity contribution < 1.29 is 14.3 Å². The summed E-state index contributed by atoms with van der Waals surface area (Å²) in [5, 5.41) is 12.2. The van der Waals surface area contributed by atoms with Crippen LogP contribution in [0.25, 0.3) is 11.0 Å². The first-order valence-electron chi connectivity index (χ1n) is 9.87. The van der Waals surface area contributed by atoms with Gasteiger partial charge in [-0.2, -0.15) is 0 Å². The average Bonchev–Trinajstić information content (AvgIpc) is 3.05. The van der Waals surface area contributed by atoms with E-state index in [1.165, 1.54) is 5.56 Å². The van der Waals surface area contributed by atoms with Gasteiger partial charge in [0.1, 0.15) is 22.8 Å². The zero-order valence-electron chi connectivity index (χ0n) is 17.0. The van der Waals surface area contributed by atoms with E-state index in [2.05, 4.69) is 25.8 Å². The van der Waals surface area contributed by atoms with Gasteiger partial charge in [-0.3, -0.25) is 4.99 Å². The molecule has 0 saturated heterocycles. The first-order chi connectivity index (χ1) is 13.4. The van der Waals surface area contributed by atoms with Gasteiger partial charge in [0.15, 0.2) is 0 Å². The van der Waals surface area contributed by atoms with E-state index >= 15 is 0 Å².